The average Bonchev–Trinajstić information content (AvgIpc) is 3.13. The second-order valence-electron chi connectivity index (χ2n) is 7.34. The minimum atomic E-state index is -1.24. The lowest BCUT2D eigenvalue weighted by atomic mass is 9.82. The molecule has 3 rings (SSSR count). The van der Waals surface area contributed by atoms with Crippen LogP contribution in [0.4, 0.5) is 5.00 Å². The van der Waals surface area contributed by atoms with Gasteiger partial charge in [-0.15, -0.1) is 11.3 Å². The zero-order chi connectivity index (χ0) is 21.8. The molecule has 1 amide bonds. The summed E-state index contributed by atoms with van der Waals surface area (Å²) in [5, 5.41) is 16.4. The number of carbonyl (C=O) groups excluding carboxylic acids is 3. The topological polar surface area (TPSA) is 95.5 Å². The van der Waals surface area contributed by atoms with Crippen molar-refractivity contribution in [3.63, 3.8) is 0 Å². The second kappa shape index (κ2) is 9.26. The summed E-state index contributed by atoms with van der Waals surface area (Å²) in [4.78, 5) is 37.0. The van der Waals surface area contributed by atoms with Gasteiger partial charge < -0.3 is 20.0 Å². The smallest absolute Gasteiger partial charge is 0.341 e. The van der Waals surface area contributed by atoms with Crippen LogP contribution in [0.3, 0.4) is 0 Å². The molecular formula is C23H24NO5S-. The quantitative estimate of drug-likeness (QED) is 0.564. The van der Waals surface area contributed by atoms with Gasteiger partial charge in [0.1, 0.15) is 10.6 Å². The highest BCUT2D eigenvalue weighted by molar-refractivity contribution is 7.15. The van der Waals surface area contributed by atoms with E-state index in [0.29, 0.717) is 17.0 Å². The SMILES string of the molecule is CCOC(=O)c1c(-c2ccc(C)c(C)c2)csc1NC(=O)[C@@H]1CC=CC[C@@H]1C(=O)[O-]. The van der Waals surface area contributed by atoms with Crippen LogP contribution in [0.5, 0.6) is 0 Å². The number of amides is 1. The first-order valence-electron chi connectivity index (χ1n) is 9.86. The van der Waals surface area contributed by atoms with Crippen LogP contribution in [0.1, 0.15) is 41.3 Å². The van der Waals surface area contributed by atoms with Gasteiger partial charge in [0.05, 0.1) is 12.5 Å². The predicted octanol–water partition coefficient (Wildman–Crippen LogP) is 3.48. The van der Waals surface area contributed by atoms with Crippen LogP contribution in [0, 0.1) is 25.7 Å². The maximum absolute atomic E-state index is 12.9. The van der Waals surface area contributed by atoms with Crippen LogP contribution in [0.15, 0.2) is 35.7 Å². The molecule has 0 spiro atoms. The fourth-order valence-corrected chi connectivity index (χ4v) is 4.51. The molecule has 1 aliphatic carbocycles. The molecule has 1 N–H and O–H groups in total. The molecule has 0 bridgehead atoms. The average molecular weight is 427 g/mol. The lowest BCUT2D eigenvalue weighted by Gasteiger charge is -2.28. The molecule has 0 saturated carbocycles. The van der Waals surface area contributed by atoms with Gasteiger partial charge in [-0.05, 0) is 50.3 Å². The summed E-state index contributed by atoms with van der Waals surface area (Å²) in [5.74, 6) is -3.84. The van der Waals surface area contributed by atoms with E-state index < -0.39 is 29.7 Å². The van der Waals surface area contributed by atoms with Crippen LogP contribution >= 0.6 is 11.3 Å². The summed E-state index contributed by atoms with van der Waals surface area (Å²) in [6, 6.07) is 5.90. The molecule has 0 radical (unpaired) electrons. The number of aryl methyl sites for hydroxylation is 2. The maximum Gasteiger partial charge on any atom is 0.341 e. The maximum atomic E-state index is 12.9. The number of benzene rings is 1. The Morgan fingerprint density at radius 3 is 2.47 bits per heavy atom. The number of esters is 1. The Hall–Kier alpha value is -2.93. The van der Waals surface area contributed by atoms with Gasteiger partial charge in [-0.3, -0.25) is 4.79 Å². The highest BCUT2D eigenvalue weighted by Crippen LogP contribution is 2.38. The number of aliphatic carboxylic acids is 1. The molecule has 1 aliphatic rings. The van der Waals surface area contributed by atoms with Gasteiger partial charge in [0.25, 0.3) is 0 Å². The van der Waals surface area contributed by atoms with Crippen LogP contribution in [0.2, 0.25) is 0 Å². The molecule has 0 aliphatic heterocycles. The number of nitrogens with one attached hydrogen (secondary N) is 1. The number of ether oxygens (including phenoxy) is 1. The van der Waals surface area contributed by atoms with Gasteiger partial charge in [-0.25, -0.2) is 4.79 Å². The van der Waals surface area contributed by atoms with Gasteiger partial charge >= 0.3 is 5.97 Å². The third-order valence-corrected chi connectivity index (χ3v) is 6.29. The van der Waals surface area contributed by atoms with E-state index in [9.17, 15) is 19.5 Å². The standard InChI is InChI=1S/C23H25NO5S/c1-4-29-23(28)19-18(15-10-9-13(2)14(3)11-15)12-30-21(19)24-20(25)16-7-5-6-8-17(16)22(26)27/h5-6,9-12,16-17H,4,7-8H2,1-3H3,(H,24,25)(H,26,27)/p-1/t16-,17+/m1/s1. The van der Waals surface area contributed by atoms with E-state index in [4.69, 9.17) is 4.74 Å². The Morgan fingerprint density at radius 1 is 1.13 bits per heavy atom. The number of carboxylic acid groups (broad SMARTS) is 1. The first kappa shape index (κ1) is 21.8. The molecule has 2 atom stereocenters. The summed E-state index contributed by atoms with van der Waals surface area (Å²) < 4.78 is 5.23. The molecule has 1 heterocycles. The number of allylic oxidation sites excluding steroid dienone is 2. The molecule has 30 heavy (non-hydrogen) atoms. The van der Waals surface area contributed by atoms with Gasteiger partial charge in [0.2, 0.25) is 5.91 Å². The van der Waals surface area contributed by atoms with Crippen molar-refractivity contribution in [3.05, 3.63) is 52.4 Å². The molecule has 0 unspecified atom stereocenters. The Bertz CT molecular complexity index is 1010. The van der Waals surface area contributed by atoms with Crippen molar-refractivity contribution in [2.24, 2.45) is 11.8 Å². The highest BCUT2D eigenvalue weighted by atomic mass is 32.1. The van der Waals surface area contributed by atoms with E-state index in [1.807, 2.05) is 37.4 Å². The molecule has 1 aromatic carbocycles. The van der Waals surface area contributed by atoms with Crippen molar-refractivity contribution in [2.75, 3.05) is 11.9 Å². The lowest BCUT2D eigenvalue weighted by molar-refractivity contribution is -0.313. The molecule has 158 valence electrons. The minimum absolute atomic E-state index is 0.203. The lowest BCUT2D eigenvalue weighted by Crippen LogP contribution is -2.41. The largest absolute Gasteiger partial charge is 0.550 e. The van der Waals surface area contributed by atoms with Crippen LogP contribution < -0.4 is 10.4 Å². The number of anilines is 1. The minimum Gasteiger partial charge on any atom is -0.550 e. The normalized spacial score (nSPS) is 18.1. The summed E-state index contributed by atoms with van der Waals surface area (Å²) in [6.07, 6.45) is 4.11. The fourth-order valence-electron chi connectivity index (χ4n) is 3.55. The first-order chi connectivity index (χ1) is 14.3. The Labute approximate surface area is 179 Å². The van der Waals surface area contributed by atoms with Crippen LogP contribution in [-0.4, -0.2) is 24.5 Å². The predicted molar refractivity (Wildman–Crippen MR) is 114 cm³/mol. The van der Waals surface area contributed by atoms with Crippen molar-refractivity contribution in [3.8, 4) is 11.1 Å². The highest BCUT2D eigenvalue weighted by Gasteiger charge is 2.31. The van der Waals surface area contributed by atoms with Gasteiger partial charge in [-0.1, -0.05) is 30.4 Å². The number of rotatable bonds is 6. The van der Waals surface area contributed by atoms with Crippen molar-refractivity contribution < 1.29 is 24.2 Å². The van der Waals surface area contributed by atoms with E-state index in [1.54, 1.807) is 19.1 Å². The van der Waals surface area contributed by atoms with Crippen molar-refractivity contribution >= 4 is 34.2 Å². The van der Waals surface area contributed by atoms with E-state index in [1.165, 1.54) is 11.3 Å². The van der Waals surface area contributed by atoms with E-state index >= 15 is 0 Å². The number of carboxylic acids is 1. The molecule has 7 heteroatoms. The zero-order valence-corrected chi connectivity index (χ0v) is 18.0. The summed E-state index contributed by atoms with van der Waals surface area (Å²) in [5.41, 5.74) is 4.04. The third-order valence-electron chi connectivity index (χ3n) is 5.40. The molecule has 6 nitrogen and oxygen atoms in total. The van der Waals surface area contributed by atoms with Gasteiger partial charge in [0.15, 0.2) is 0 Å². The fraction of sp³-hybridized carbons (Fsp3) is 0.348. The summed E-state index contributed by atoms with van der Waals surface area (Å²) in [6.45, 7) is 5.93. The first-order valence-corrected chi connectivity index (χ1v) is 10.7. The number of hydrogen-bond acceptors (Lipinski definition) is 6. The van der Waals surface area contributed by atoms with Crippen LogP contribution in [0.25, 0.3) is 11.1 Å². The van der Waals surface area contributed by atoms with E-state index in [-0.39, 0.29) is 18.6 Å². The molecular weight excluding hydrogens is 402 g/mol. The zero-order valence-electron chi connectivity index (χ0n) is 17.2. The monoisotopic (exact) mass is 426 g/mol. The molecule has 1 aromatic heterocycles. The van der Waals surface area contributed by atoms with E-state index in [2.05, 4.69) is 5.32 Å². The Morgan fingerprint density at radius 2 is 1.83 bits per heavy atom. The molecule has 2 aromatic rings. The molecule has 0 saturated heterocycles. The van der Waals surface area contributed by atoms with Crippen molar-refractivity contribution in [2.45, 2.75) is 33.6 Å². The Kier molecular flexibility index (Phi) is 6.72. The van der Waals surface area contributed by atoms with Crippen molar-refractivity contribution in [1.82, 2.24) is 0 Å². The van der Waals surface area contributed by atoms with Gasteiger partial charge in [-0.2, -0.15) is 0 Å². The van der Waals surface area contributed by atoms with E-state index in [0.717, 1.165) is 16.7 Å². The number of hydrogen-bond donors (Lipinski definition) is 1. The Balaban J connectivity index is 1.96. The molecule has 0 fully saturated rings. The summed E-state index contributed by atoms with van der Waals surface area (Å²) >= 11 is 1.22. The van der Waals surface area contributed by atoms with Gasteiger partial charge in [0, 0.05) is 22.8 Å². The van der Waals surface area contributed by atoms with Crippen molar-refractivity contribution in [1.29, 1.82) is 0 Å². The number of carbonyl (C=O) groups is 3. The third kappa shape index (κ3) is 4.46. The summed E-state index contributed by atoms with van der Waals surface area (Å²) in [7, 11) is 0. The number of thiophene rings is 1. The van der Waals surface area contributed by atoms with Crippen LogP contribution in [-0.2, 0) is 14.3 Å². The second-order valence-corrected chi connectivity index (χ2v) is 8.22.